The van der Waals surface area contributed by atoms with Gasteiger partial charge in [-0.05, 0) is 28.7 Å². The number of aromatic nitrogens is 1. The molecule has 1 heterocycles. The van der Waals surface area contributed by atoms with E-state index < -0.39 is 0 Å². The highest BCUT2D eigenvalue weighted by Gasteiger charge is 2.17. The number of anilines is 1. The average molecular weight is 476 g/mol. The normalized spacial score (nSPS) is 10.8. The fourth-order valence-electron chi connectivity index (χ4n) is 4.00. The number of urea groups is 1. The van der Waals surface area contributed by atoms with Crippen molar-refractivity contribution in [3.05, 3.63) is 143 Å². The van der Waals surface area contributed by atoms with Gasteiger partial charge in [-0.25, -0.2) is 9.78 Å². The lowest BCUT2D eigenvalue weighted by molar-refractivity contribution is 0.250. The maximum absolute atomic E-state index is 12.9. The molecule has 0 spiro atoms. The molecule has 5 aromatic rings. The number of nitrogens with zero attached hydrogens (tertiary/aromatic N) is 1. The van der Waals surface area contributed by atoms with Crippen molar-refractivity contribution in [2.45, 2.75) is 12.5 Å². The van der Waals surface area contributed by atoms with Gasteiger partial charge in [0.1, 0.15) is 0 Å². The summed E-state index contributed by atoms with van der Waals surface area (Å²) in [7, 11) is 0. The molecule has 172 valence electrons. The second kappa shape index (κ2) is 10.8. The van der Waals surface area contributed by atoms with E-state index in [-0.39, 0.29) is 12.1 Å². The Morgan fingerprint density at radius 3 is 1.86 bits per heavy atom. The predicted octanol–water partition coefficient (Wildman–Crippen LogP) is 7.31. The number of nitrogens with one attached hydrogen (secondary N) is 2. The molecule has 0 aliphatic carbocycles. The van der Waals surface area contributed by atoms with Gasteiger partial charge in [-0.2, -0.15) is 0 Å². The van der Waals surface area contributed by atoms with Crippen molar-refractivity contribution in [1.29, 1.82) is 0 Å². The van der Waals surface area contributed by atoms with Crippen LogP contribution in [0.2, 0.25) is 0 Å². The summed E-state index contributed by atoms with van der Waals surface area (Å²) < 4.78 is 0. The summed E-state index contributed by atoms with van der Waals surface area (Å²) in [5.41, 5.74) is 6.45. The fourth-order valence-corrected chi connectivity index (χ4v) is 4.72. The molecule has 4 aromatic carbocycles. The van der Waals surface area contributed by atoms with E-state index in [2.05, 4.69) is 64.1 Å². The number of amides is 2. The van der Waals surface area contributed by atoms with Crippen LogP contribution in [0.5, 0.6) is 0 Å². The molecule has 0 atom stereocenters. The molecule has 2 N–H and O–H groups in total. The van der Waals surface area contributed by atoms with Crippen LogP contribution in [-0.2, 0) is 6.42 Å². The van der Waals surface area contributed by atoms with E-state index in [0.29, 0.717) is 5.13 Å². The zero-order valence-electron chi connectivity index (χ0n) is 19.1. The van der Waals surface area contributed by atoms with Crippen LogP contribution >= 0.6 is 11.3 Å². The molecular formula is C30H25N3OS. The Balaban J connectivity index is 1.25. The molecule has 0 saturated heterocycles. The predicted molar refractivity (Wildman–Crippen MR) is 144 cm³/mol. The van der Waals surface area contributed by atoms with Gasteiger partial charge in [-0.1, -0.05) is 115 Å². The van der Waals surface area contributed by atoms with Crippen molar-refractivity contribution < 1.29 is 4.79 Å². The van der Waals surface area contributed by atoms with E-state index in [1.807, 2.05) is 72.1 Å². The maximum Gasteiger partial charge on any atom is 0.321 e. The highest BCUT2D eigenvalue weighted by Crippen LogP contribution is 2.26. The number of rotatable bonds is 7. The first-order valence-electron chi connectivity index (χ1n) is 11.5. The van der Waals surface area contributed by atoms with Gasteiger partial charge in [-0.3, -0.25) is 5.32 Å². The highest BCUT2D eigenvalue weighted by atomic mass is 32.1. The summed E-state index contributed by atoms with van der Waals surface area (Å²) in [5.74, 6) is 0. The standard InChI is InChI=1S/C30H25N3OS/c34-29(32-28(25-12-6-2-7-13-25)26-14-8-3-9-15-26)33-30-31-27(21-35-30)24-18-16-23(17-19-24)20-22-10-4-1-5-11-22/h1-19,21,28H,20H2,(H2,31,32,33,34). The molecule has 2 amide bonds. The molecule has 0 bridgehead atoms. The summed E-state index contributed by atoms with van der Waals surface area (Å²) in [6.07, 6.45) is 0.898. The maximum atomic E-state index is 12.9. The van der Waals surface area contributed by atoms with Crippen molar-refractivity contribution in [3.8, 4) is 11.3 Å². The molecular weight excluding hydrogens is 450 g/mol. The lowest BCUT2D eigenvalue weighted by atomic mass is 9.99. The van der Waals surface area contributed by atoms with Gasteiger partial charge < -0.3 is 5.32 Å². The second-order valence-corrected chi connectivity index (χ2v) is 9.11. The summed E-state index contributed by atoms with van der Waals surface area (Å²) >= 11 is 1.42. The van der Waals surface area contributed by atoms with Crippen LogP contribution in [-0.4, -0.2) is 11.0 Å². The largest absolute Gasteiger partial charge is 0.327 e. The van der Waals surface area contributed by atoms with Gasteiger partial charge in [0.05, 0.1) is 11.7 Å². The van der Waals surface area contributed by atoms with Crippen LogP contribution in [0.25, 0.3) is 11.3 Å². The SMILES string of the molecule is O=C(Nc1nc(-c2ccc(Cc3ccccc3)cc2)cs1)NC(c1ccccc1)c1ccccc1. The van der Waals surface area contributed by atoms with Gasteiger partial charge in [-0.15, -0.1) is 11.3 Å². The number of hydrogen-bond donors (Lipinski definition) is 2. The van der Waals surface area contributed by atoms with E-state index in [9.17, 15) is 4.79 Å². The molecule has 35 heavy (non-hydrogen) atoms. The number of hydrogen-bond acceptors (Lipinski definition) is 3. The third-order valence-corrected chi connectivity index (χ3v) is 6.52. The van der Waals surface area contributed by atoms with E-state index in [4.69, 9.17) is 0 Å². The fraction of sp³-hybridized carbons (Fsp3) is 0.0667. The lowest BCUT2D eigenvalue weighted by Gasteiger charge is -2.19. The van der Waals surface area contributed by atoms with Crippen molar-refractivity contribution in [2.75, 3.05) is 5.32 Å². The van der Waals surface area contributed by atoms with Crippen molar-refractivity contribution >= 4 is 22.5 Å². The third kappa shape index (κ3) is 5.83. The summed E-state index contributed by atoms with van der Waals surface area (Å²) in [4.78, 5) is 17.5. The van der Waals surface area contributed by atoms with Gasteiger partial charge in [0.15, 0.2) is 5.13 Å². The van der Waals surface area contributed by atoms with Crippen LogP contribution in [0.3, 0.4) is 0 Å². The zero-order valence-corrected chi connectivity index (χ0v) is 19.9. The molecule has 0 saturated carbocycles. The Bertz CT molecular complexity index is 1330. The molecule has 0 fully saturated rings. The Morgan fingerprint density at radius 2 is 1.26 bits per heavy atom. The van der Waals surface area contributed by atoms with Crippen molar-refractivity contribution in [1.82, 2.24) is 10.3 Å². The van der Waals surface area contributed by atoms with E-state index >= 15 is 0 Å². The van der Waals surface area contributed by atoms with E-state index in [1.54, 1.807) is 0 Å². The number of carbonyl (C=O) groups is 1. The summed E-state index contributed by atoms with van der Waals surface area (Å²) in [6, 6.07) is 38.2. The minimum atomic E-state index is -0.290. The molecule has 0 unspecified atom stereocenters. The Morgan fingerprint density at radius 1 is 0.714 bits per heavy atom. The molecule has 1 aromatic heterocycles. The first kappa shape index (κ1) is 22.6. The smallest absolute Gasteiger partial charge is 0.321 e. The van der Waals surface area contributed by atoms with Crippen molar-refractivity contribution in [3.63, 3.8) is 0 Å². The van der Waals surface area contributed by atoms with Crippen LogP contribution in [0, 0.1) is 0 Å². The lowest BCUT2D eigenvalue weighted by Crippen LogP contribution is -2.33. The minimum absolute atomic E-state index is 0.256. The van der Waals surface area contributed by atoms with Gasteiger partial charge in [0.25, 0.3) is 0 Å². The van der Waals surface area contributed by atoms with Crippen LogP contribution < -0.4 is 10.6 Å². The molecule has 5 heteroatoms. The molecule has 0 radical (unpaired) electrons. The highest BCUT2D eigenvalue weighted by molar-refractivity contribution is 7.14. The second-order valence-electron chi connectivity index (χ2n) is 8.25. The average Bonchev–Trinajstić information content (AvgIpc) is 3.38. The van der Waals surface area contributed by atoms with Crippen LogP contribution in [0.4, 0.5) is 9.93 Å². The first-order valence-corrected chi connectivity index (χ1v) is 12.4. The first-order chi connectivity index (χ1) is 17.2. The zero-order chi connectivity index (χ0) is 23.9. The van der Waals surface area contributed by atoms with Crippen molar-refractivity contribution in [2.24, 2.45) is 0 Å². The monoisotopic (exact) mass is 475 g/mol. The Hall–Kier alpha value is -4.22. The molecule has 0 aliphatic heterocycles. The Kier molecular flexibility index (Phi) is 6.97. The minimum Gasteiger partial charge on any atom is -0.327 e. The molecule has 4 nitrogen and oxygen atoms in total. The molecule has 0 aliphatic rings. The number of benzene rings is 4. The third-order valence-electron chi connectivity index (χ3n) is 5.77. The Labute approximate surface area is 209 Å². The van der Waals surface area contributed by atoms with Gasteiger partial charge in [0, 0.05) is 10.9 Å². The quantitative estimate of drug-likeness (QED) is 0.259. The van der Waals surface area contributed by atoms with E-state index in [1.165, 1.54) is 22.5 Å². The topological polar surface area (TPSA) is 54.0 Å². The van der Waals surface area contributed by atoms with Crippen LogP contribution in [0.15, 0.2) is 121 Å². The number of carbonyl (C=O) groups excluding carboxylic acids is 1. The van der Waals surface area contributed by atoms with Gasteiger partial charge >= 0.3 is 6.03 Å². The van der Waals surface area contributed by atoms with Crippen LogP contribution in [0.1, 0.15) is 28.3 Å². The summed E-state index contributed by atoms with van der Waals surface area (Å²) in [5, 5.41) is 8.52. The van der Waals surface area contributed by atoms with E-state index in [0.717, 1.165) is 28.8 Å². The van der Waals surface area contributed by atoms with Gasteiger partial charge in [0.2, 0.25) is 0 Å². The molecule has 5 rings (SSSR count). The number of thiazole rings is 1. The summed E-state index contributed by atoms with van der Waals surface area (Å²) in [6.45, 7) is 0.